The van der Waals surface area contributed by atoms with Crippen molar-refractivity contribution in [3.8, 4) is 0 Å². The quantitative estimate of drug-likeness (QED) is 0.154. The average molecular weight is 461 g/mol. The van der Waals surface area contributed by atoms with Crippen LogP contribution >= 0.6 is 0 Å². The van der Waals surface area contributed by atoms with E-state index in [0.717, 1.165) is 31.1 Å². The van der Waals surface area contributed by atoms with E-state index in [0.29, 0.717) is 12.5 Å². The highest BCUT2D eigenvalue weighted by atomic mass is 28.4. The molecule has 0 saturated heterocycles. The lowest BCUT2D eigenvalue weighted by Gasteiger charge is -2.42. The fourth-order valence-electron chi connectivity index (χ4n) is 4.22. The molecular weight excluding hydrogens is 420 g/mol. The number of carbonyl (C=O) groups excluding carboxylic acids is 1. The lowest BCUT2D eigenvalue weighted by atomic mass is 10.0. The highest BCUT2D eigenvalue weighted by Crippen LogP contribution is 2.36. The number of allylic oxidation sites excluding steroid dienone is 5. The molecule has 0 saturated carbocycles. The van der Waals surface area contributed by atoms with Gasteiger partial charge >= 0.3 is 0 Å². The molecule has 2 rings (SSSR count). The summed E-state index contributed by atoms with van der Waals surface area (Å²) in [5.74, 6) is 0.596. The van der Waals surface area contributed by atoms with Crippen molar-refractivity contribution < 1.29 is 9.22 Å². The maximum Gasteiger partial charge on any atom is 0.261 e. The van der Waals surface area contributed by atoms with Crippen LogP contribution in [0, 0.1) is 5.92 Å². The van der Waals surface area contributed by atoms with E-state index in [1.54, 1.807) is 0 Å². The number of benzene rings is 2. The smallest absolute Gasteiger partial charge is 0.261 e. The summed E-state index contributed by atoms with van der Waals surface area (Å²) >= 11 is 0. The lowest BCUT2D eigenvalue weighted by Crippen LogP contribution is -2.66. The summed E-state index contributed by atoms with van der Waals surface area (Å²) in [7, 11) is -2.47. The summed E-state index contributed by atoms with van der Waals surface area (Å²) in [6.07, 6.45) is 14.6. The molecule has 33 heavy (non-hydrogen) atoms. The van der Waals surface area contributed by atoms with Gasteiger partial charge in [-0.1, -0.05) is 119 Å². The van der Waals surface area contributed by atoms with E-state index in [1.165, 1.54) is 10.4 Å². The first kappa shape index (κ1) is 26.8. The first-order valence-electron chi connectivity index (χ1n) is 12.0. The van der Waals surface area contributed by atoms with Crippen LogP contribution in [0.4, 0.5) is 0 Å². The van der Waals surface area contributed by atoms with Gasteiger partial charge in [0.1, 0.15) is 6.29 Å². The lowest BCUT2D eigenvalue weighted by molar-refractivity contribution is -0.104. The number of rotatable bonds is 12. The van der Waals surface area contributed by atoms with Gasteiger partial charge in [0.25, 0.3) is 8.32 Å². The van der Waals surface area contributed by atoms with Gasteiger partial charge in [-0.05, 0) is 53.1 Å². The standard InChI is InChI=1S/C30H40O2Si/c1-26(18-16-19-27(2)25-31)17-10-6-7-15-24-32-33(30(3,4)5,28-20-11-8-12-21-28)29-22-13-9-14-23-29/h6-15,19-23,25-26H,16-18,24H2,1-5H3/b10-6+,15-7+,27-19+/t26-/m1/s1. The molecule has 0 aliphatic rings. The Morgan fingerprint density at radius 3 is 2.00 bits per heavy atom. The first-order valence-corrected chi connectivity index (χ1v) is 13.9. The van der Waals surface area contributed by atoms with Crippen molar-refractivity contribution in [1.82, 2.24) is 0 Å². The Balaban J connectivity index is 2.05. The van der Waals surface area contributed by atoms with Gasteiger partial charge in [0.15, 0.2) is 0 Å². The molecule has 0 fully saturated rings. The summed E-state index contributed by atoms with van der Waals surface area (Å²) in [6, 6.07) is 21.5. The third-order valence-electron chi connectivity index (χ3n) is 6.05. The van der Waals surface area contributed by atoms with Gasteiger partial charge in [-0.2, -0.15) is 0 Å². The van der Waals surface area contributed by atoms with Crippen molar-refractivity contribution in [2.75, 3.05) is 6.61 Å². The SMILES string of the molecule is C/C(C=O)=C\CC[C@H](C)C/C=C/C=C/CO[Si](c1ccccc1)(c1ccccc1)C(C)(C)C. The summed E-state index contributed by atoms with van der Waals surface area (Å²) in [5.41, 5.74) is 0.821. The Bertz CT molecular complexity index is 881. The molecule has 0 unspecified atom stereocenters. The van der Waals surface area contributed by atoms with Crippen LogP contribution in [0.3, 0.4) is 0 Å². The van der Waals surface area contributed by atoms with Gasteiger partial charge in [-0.15, -0.1) is 0 Å². The summed E-state index contributed by atoms with van der Waals surface area (Å²) < 4.78 is 6.86. The Labute approximate surface area is 202 Å². The largest absolute Gasteiger partial charge is 0.404 e. The molecule has 0 N–H and O–H groups in total. The average Bonchev–Trinajstić information content (AvgIpc) is 2.81. The molecule has 0 spiro atoms. The van der Waals surface area contributed by atoms with Crippen LogP contribution in [0.2, 0.25) is 5.04 Å². The summed E-state index contributed by atoms with van der Waals surface area (Å²) in [5, 5.41) is 2.60. The monoisotopic (exact) mass is 460 g/mol. The van der Waals surface area contributed by atoms with E-state index in [4.69, 9.17) is 4.43 Å². The van der Waals surface area contributed by atoms with Gasteiger partial charge in [0.05, 0.1) is 6.61 Å². The molecule has 0 amide bonds. The molecule has 2 aromatic rings. The molecule has 2 aromatic carbocycles. The first-order chi connectivity index (χ1) is 15.8. The van der Waals surface area contributed by atoms with Crippen molar-refractivity contribution in [2.45, 2.75) is 58.9 Å². The van der Waals surface area contributed by atoms with Crippen LogP contribution in [-0.2, 0) is 9.22 Å². The van der Waals surface area contributed by atoms with Crippen LogP contribution in [-0.4, -0.2) is 21.2 Å². The zero-order valence-corrected chi connectivity index (χ0v) is 22.0. The Kier molecular flexibility index (Phi) is 10.8. The van der Waals surface area contributed by atoms with Crippen molar-refractivity contribution >= 4 is 25.0 Å². The Morgan fingerprint density at radius 2 is 1.48 bits per heavy atom. The predicted octanol–water partition coefficient (Wildman–Crippen LogP) is 6.63. The van der Waals surface area contributed by atoms with Crippen LogP contribution in [0.15, 0.2) is 96.6 Å². The molecule has 0 aliphatic carbocycles. The molecule has 0 bridgehead atoms. The molecular formula is C30H40O2Si. The fraction of sp³-hybridized carbons (Fsp3) is 0.367. The van der Waals surface area contributed by atoms with E-state index in [-0.39, 0.29) is 5.04 Å². The second-order valence-electron chi connectivity index (χ2n) is 9.81. The van der Waals surface area contributed by atoms with Crippen molar-refractivity contribution in [3.63, 3.8) is 0 Å². The van der Waals surface area contributed by atoms with Crippen molar-refractivity contribution in [3.05, 3.63) is 96.6 Å². The van der Waals surface area contributed by atoms with E-state index in [1.807, 2.05) is 13.0 Å². The second-order valence-corrected chi connectivity index (χ2v) is 14.1. The summed E-state index contributed by atoms with van der Waals surface area (Å²) in [4.78, 5) is 10.7. The van der Waals surface area contributed by atoms with E-state index >= 15 is 0 Å². The third kappa shape index (κ3) is 7.80. The van der Waals surface area contributed by atoms with Gasteiger partial charge in [-0.3, -0.25) is 4.79 Å². The van der Waals surface area contributed by atoms with Crippen molar-refractivity contribution in [2.24, 2.45) is 5.92 Å². The molecule has 0 aliphatic heterocycles. The zero-order valence-electron chi connectivity index (χ0n) is 21.0. The minimum atomic E-state index is -2.47. The molecule has 0 radical (unpaired) electrons. The molecule has 0 aromatic heterocycles. The van der Waals surface area contributed by atoms with Gasteiger partial charge < -0.3 is 4.43 Å². The molecule has 3 heteroatoms. The minimum absolute atomic E-state index is 0.00847. The molecule has 2 nitrogen and oxygen atoms in total. The third-order valence-corrected chi connectivity index (χ3v) is 11.1. The normalized spacial score (nSPS) is 14.2. The van der Waals surface area contributed by atoms with Gasteiger partial charge in [0, 0.05) is 0 Å². The second kappa shape index (κ2) is 13.3. The maximum absolute atomic E-state index is 10.7. The zero-order chi connectivity index (χ0) is 24.2. The fourth-order valence-corrected chi connectivity index (χ4v) is 8.72. The molecule has 0 heterocycles. The van der Waals surface area contributed by atoms with Gasteiger partial charge in [-0.25, -0.2) is 0 Å². The topological polar surface area (TPSA) is 26.3 Å². The summed E-state index contributed by atoms with van der Waals surface area (Å²) in [6.45, 7) is 11.6. The number of carbonyl (C=O) groups is 1. The number of aldehydes is 1. The van der Waals surface area contributed by atoms with E-state index in [2.05, 4.69) is 113 Å². The minimum Gasteiger partial charge on any atom is -0.404 e. The predicted molar refractivity (Wildman–Crippen MR) is 145 cm³/mol. The Morgan fingerprint density at radius 1 is 0.939 bits per heavy atom. The van der Waals surface area contributed by atoms with Crippen LogP contribution in [0.1, 0.15) is 53.9 Å². The van der Waals surface area contributed by atoms with E-state index < -0.39 is 8.32 Å². The maximum atomic E-state index is 10.7. The van der Waals surface area contributed by atoms with E-state index in [9.17, 15) is 4.79 Å². The van der Waals surface area contributed by atoms with Crippen LogP contribution in [0.5, 0.6) is 0 Å². The van der Waals surface area contributed by atoms with Crippen molar-refractivity contribution in [1.29, 1.82) is 0 Å². The van der Waals surface area contributed by atoms with Gasteiger partial charge in [0.2, 0.25) is 0 Å². The molecule has 1 atom stereocenters. The highest BCUT2D eigenvalue weighted by Gasteiger charge is 2.49. The number of hydrogen-bond donors (Lipinski definition) is 0. The highest BCUT2D eigenvalue weighted by molar-refractivity contribution is 6.99. The van der Waals surface area contributed by atoms with Crippen LogP contribution in [0.25, 0.3) is 0 Å². The Hall–Kier alpha value is -2.49. The molecule has 176 valence electrons. The number of hydrogen-bond acceptors (Lipinski definition) is 2. The van der Waals surface area contributed by atoms with Crippen LogP contribution < -0.4 is 10.4 Å².